The van der Waals surface area contributed by atoms with E-state index in [4.69, 9.17) is 0 Å². The molecule has 0 fully saturated rings. The molecule has 112 valence electrons. The highest BCUT2D eigenvalue weighted by Gasteiger charge is 2.26. The van der Waals surface area contributed by atoms with Crippen LogP contribution < -0.4 is 10.0 Å². The van der Waals surface area contributed by atoms with Gasteiger partial charge in [-0.2, -0.15) is 0 Å². The van der Waals surface area contributed by atoms with E-state index in [-0.39, 0.29) is 0 Å². The number of benzene rings is 1. The fourth-order valence-electron chi connectivity index (χ4n) is 2.72. The second-order valence-electron chi connectivity index (χ2n) is 6.09. The van der Waals surface area contributed by atoms with E-state index in [1.54, 1.807) is 12.1 Å². The van der Waals surface area contributed by atoms with E-state index in [1.165, 1.54) is 0 Å². The Labute approximate surface area is 122 Å². The van der Waals surface area contributed by atoms with Crippen molar-refractivity contribution in [2.75, 3.05) is 11.9 Å². The Kier molecular flexibility index (Phi) is 4.39. The van der Waals surface area contributed by atoms with E-state index in [2.05, 4.69) is 17.0 Å². The van der Waals surface area contributed by atoms with Crippen LogP contribution >= 0.6 is 0 Å². The van der Waals surface area contributed by atoms with Crippen molar-refractivity contribution in [1.82, 2.24) is 4.72 Å². The lowest BCUT2D eigenvalue weighted by Crippen LogP contribution is -2.43. The summed E-state index contributed by atoms with van der Waals surface area (Å²) in [6.07, 6.45) is 3.75. The maximum atomic E-state index is 12.5. The minimum atomic E-state index is -3.45. The van der Waals surface area contributed by atoms with Gasteiger partial charge in [0.2, 0.25) is 10.0 Å². The summed E-state index contributed by atoms with van der Waals surface area (Å²) < 4.78 is 27.8. The Balaban J connectivity index is 2.26. The molecule has 1 heterocycles. The second-order valence-corrected chi connectivity index (χ2v) is 7.77. The van der Waals surface area contributed by atoms with Crippen molar-refractivity contribution in [2.24, 2.45) is 0 Å². The average molecular weight is 296 g/mol. The van der Waals surface area contributed by atoms with Gasteiger partial charge in [-0.3, -0.25) is 0 Å². The molecule has 0 atom stereocenters. The average Bonchev–Trinajstić information content (AvgIpc) is 2.36. The van der Waals surface area contributed by atoms with Gasteiger partial charge >= 0.3 is 0 Å². The molecule has 0 aromatic heterocycles. The fraction of sp³-hybridized carbons (Fsp3) is 0.600. The van der Waals surface area contributed by atoms with Crippen LogP contribution in [-0.4, -0.2) is 20.5 Å². The van der Waals surface area contributed by atoms with Crippen molar-refractivity contribution in [3.8, 4) is 0 Å². The number of hydrogen-bond acceptors (Lipinski definition) is 3. The zero-order chi connectivity index (χ0) is 14.8. The summed E-state index contributed by atoms with van der Waals surface area (Å²) in [5, 5.41) is 3.29. The smallest absolute Gasteiger partial charge is 0.241 e. The maximum absolute atomic E-state index is 12.5. The third-order valence-electron chi connectivity index (χ3n) is 3.61. The number of fused-ring (bicyclic) bond motifs is 1. The van der Waals surface area contributed by atoms with Crippen LogP contribution in [0.2, 0.25) is 0 Å². The Bertz CT molecular complexity index is 580. The molecule has 0 spiro atoms. The first-order chi connectivity index (χ1) is 9.34. The summed E-state index contributed by atoms with van der Waals surface area (Å²) in [6.45, 7) is 6.86. The lowest BCUT2D eigenvalue weighted by atomic mass is 10.0. The summed E-state index contributed by atoms with van der Waals surface area (Å²) in [5.74, 6) is 0. The highest BCUT2D eigenvalue weighted by Crippen LogP contribution is 2.26. The molecular weight excluding hydrogens is 272 g/mol. The molecule has 5 heteroatoms. The van der Waals surface area contributed by atoms with Gasteiger partial charge in [0.25, 0.3) is 0 Å². The zero-order valence-corrected chi connectivity index (χ0v) is 13.3. The van der Waals surface area contributed by atoms with Gasteiger partial charge in [-0.25, -0.2) is 13.1 Å². The van der Waals surface area contributed by atoms with Crippen LogP contribution in [-0.2, 0) is 16.4 Å². The van der Waals surface area contributed by atoms with E-state index in [1.807, 2.05) is 19.9 Å². The Hall–Kier alpha value is -1.07. The molecule has 0 aliphatic carbocycles. The molecule has 4 nitrogen and oxygen atoms in total. The highest BCUT2D eigenvalue weighted by molar-refractivity contribution is 7.89. The molecule has 0 saturated heterocycles. The van der Waals surface area contributed by atoms with Gasteiger partial charge < -0.3 is 5.32 Å². The van der Waals surface area contributed by atoms with E-state index in [0.29, 0.717) is 4.90 Å². The number of anilines is 1. The highest BCUT2D eigenvalue weighted by atomic mass is 32.2. The van der Waals surface area contributed by atoms with Gasteiger partial charge in [0.1, 0.15) is 0 Å². The van der Waals surface area contributed by atoms with Gasteiger partial charge in [0, 0.05) is 17.8 Å². The Morgan fingerprint density at radius 2 is 2.10 bits per heavy atom. The standard InChI is InChI=1S/C15H24N2O2S/c1-4-9-15(2,3)17-20(18,19)13-7-8-14-12(11-13)6-5-10-16-14/h7-8,11,16-17H,4-6,9-10H2,1-3H3. The normalized spacial score (nSPS) is 15.6. The molecule has 0 bridgehead atoms. The topological polar surface area (TPSA) is 58.2 Å². The summed E-state index contributed by atoms with van der Waals surface area (Å²) in [6, 6.07) is 5.35. The first-order valence-electron chi connectivity index (χ1n) is 7.25. The van der Waals surface area contributed by atoms with Crippen molar-refractivity contribution in [1.29, 1.82) is 0 Å². The van der Waals surface area contributed by atoms with Crippen molar-refractivity contribution in [3.05, 3.63) is 23.8 Å². The van der Waals surface area contributed by atoms with E-state index >= 15 is 0 Å². The largest absolute Gasteiger partial charge is 0.385 e. The van der Waals surface area contributed by atoms with Crippen molar-refractivity contribution in [2.45, 2.75) is 56.9 Å². The van der Waals surface area contributed by atoms with Crippen LogP contribution in [0, 0.1) is 0 Å². The molecule has 0 saturated carbocycles. The predicted octanol–water partition coefficient (Wildman–Crippen LogP) is 2.90. The van der Waals surface area contributed by atoms with Crippen LogP contribution in [0.15, 0.2) is 23.1 Å². The summed E-state index contributed by atoms with van der Waals surface area (Å²) in [4.78, 5) is 0.365. The van der Waals surface area contributed by atoms with Crippen LogP contribution in [0.1, 0.15) is 45.6 Å². The first kappa shape index (κ1) is 15.3. The lowest BCUT2D eigenvalue weighted by Gasteiger charge is -2.26. The summed E-state index contributed by atoms with van der Waals surface area (Å²) in [7, 11) is -3.45. The molecule has 0 amide bonds. The van der Waals surface area contributed by atoms with Crippen molar-refractivity contribution >= 4 is 15.7 Å². The number of aryl methyl sites for hydroxylation is 1. The third kappa shape index (κ3) is 3.52. The number of rotatable bonds is 5. The molecule has 1 aliphatic rings. The molecule has 1 aliphatic heterocycles. The quantitative estimate of drug-likeness (QED) is 0.878. The fourth-order valence-corrected chi connectivity index (χ4v) is 4.21. The van der Waals surface area contributed by atoms with Gasteiger partial charge in [-0.1, -0.05) is 13.3 Å². The summed E-state index contributed by atoms with van der Waals surface area (Å²) in [5.41, 5.74) is 1.73. The molecular formula is C15H24N2O2S. The number of sulfonamides is 1. The van der Waals surface area contributed by atoms with E-state index in [0.717, 1.165) is 43.5 Å². The van der Waals surface area contributed by atoms with E-state index in [9.17, 15) is 8.42 Å². The molecule has 1 aromatic carbocycles. The van der Waals surface area contributed by atoms with Crippen LogP contribution in [0.25, 0.3) is 0 Å². The molecule has 0 unspecified atom stereocenters. The van der Waals surface area contributed by atoms with Crippen molar-refractivity contribution in [3.63, 3.8) is 0 Å². The second kappa shape index (κ2) is 5.74. The first-order valence-corrected chi connectivity index (χ1v) is 8.73. The molecule has 1 aromatic rings. The summed E-state index contributed by atoms with van der Waals surface area (Å²) >= 11 is 0. The number of hydrogen-bond donors (Lipinski definition) is 2. The SMILES string of the molecule is CCCC(C)(C)NS(=O)(=O)c1ccc2c(c1)CCCN2. The maximum Gasteiger partial charge on any atom is 0.241 e. The minimum Gasteiger partial charge on any atom is -0.385 e. The Morgan fingerprint density at radius 3 is 2.80 bits per heavy atom. The molecule has 2 rings (SSSR count). The monoisotopic (exact) mass is 296 g/mol. The zero-order valence-electron chi connectivity index (χ0n) is 12.5. The third-order valence-corrected chi connectivity index (χ3v) is 5.31. The van der Waals surface area contributed by atoms with Crippen LogP contribution in [0.4, 0.5) is 5.69 Å². The van der Waals surface area contributed by atoms with Gasteiger partial charge in [0.05, 0.1) is 4.90 Å². The Morgan fingerprint density at radius 1 is 1.35 bits per heavy atom. The molecule has 20 heavy (non-hydrogen) atoms. The van der Waals surface area contributed by atoms with Crippen molar-refractivity contribution < 1.29 is 8.42 Å². The van der Waals surface area contributed by atoms with Gasteiger partial charge in [-0.15, -0.1) is 0 Å². The lowest BCUT2D eigenvalue weighted by molar-refractivity contribution is 0.417. The minimum absolute atomic E-state index is 0.365. The van der Waals surface area contributed by atoms with Crippen LogP contribution in [0.3, 0.4) is 0 Å². The molecule has 2 N–H and O–H groups in total. The van der Waals surface area contributed by atoms with E-state index < -0.39 is 15.6 Å². The molecule has 0 radical (unpaired) electrons. The van der Waals surface area contributed by atoms with Gasteiger partial charge in [-0.05, 0) is 56.9 Å². The predicted molar refractivity (Wildman–Crippen MR) is 82.6 cm³/mol. The van der Waals surface area contributed by atoms with Gasteiger partial charge in [0.15, 0.2) is 0 Å². The number of nitrogens with one attached hydrogen (secondary N) is 2. The van der Waals surface area contributed by atoms with Crippen LogP contribution in [0.5, 0.6) is 0 Å².